The van der Waals surface area contributed by atoms with Crippen LogP contribution in [0.5, 0.6) is 0 Å². The number of carbonyl (C=O) groups excluding carboxylic acids is 1. The van der Waals surface area contributed by atoms with Gasteiger partial charge in [-0.3, -0.25) is 4.79 Å². The monoisotopic (exact) mass is 234 g/mol. The van der Waals surface area contributed by atoms with Gasteiger partial charge in [-0.15, -0.1) is 0 Å². The summed E-state index contributed by atoms with van der Waals surface area (Å²) < 4.78 is 0. The Labute approximate surface area is 101 Å². The molecule has 4 nitrogen and oxygen atoms in total. The van der Waals surface area contributed by atoms with Gasteiger partial charge >= 0.3 is 0 Å². The number of amides is 1. The lowest BCUT2D eigenvalue weighted by atomic mass is 10.1. The number of para-hydroxylation sites is 1. The fourth-order valence-electron chi connectivity index (χ4n) is 2.09. The molecule has 1 heterocycles. The van der Waals surface area contributed by atoms with Gasteiger partial charge in [0.25, 0.3) is 0 Å². The Kier molecular flexibility index (Phi) is 3.64. The Hall–Kier alpha value is -1.55. The van der Waals surface area contributed by atoms with Crippen LogP contribution in [-0.4, -0.2) is 35.1 Å². The number of aliphatic hydroxyl groups excluding tert-OH is 1. The molecule has 4 heteroatoms. The van der Waals surface area contributed by atoms with Crippen LogP contribution in [0.4, 0.5) is 5.69 Å². The quantitative estimate of drug-likeness (QED) is 0.744. The minimum Gasteiger partial charge on any atom is -0.398 e. The molecule has 1 fully saturated rings. The van der Waals surface area contributed by atoms with Crippen molar-refractivity contribution in [3.63, 3.8) is 0 Å². The fraction of sp³-hybridized carbons (Fsp3) is 0.462. The van der Waals surface area contributed by atoms with E-state index in [9.17, 15) is 9.90 Å². The van der Waals surface area contributed by atoms with E-state index in [0.29, 0.717) is 38.0 Å². The summed E-state index contributed by atoms with van der Waals surface area (Å²) in [6, 6.07) is 7.44. The number of hydrogen-bond donors (Lipinski definition) is 2. The number of benzene rings is 1. The van der Waals surface area contributed by atoms with Crippen LogP contribution in [0.1, 0.15) is 18.4 Å². The van der Waals surface area contributed by atoms with E-state index in [0.717, 1.165) is 5.56 Å². The second-order valence-corrected chi connectivity index (χ2v) is 4.49. The van der Waals surface area contributed by atoms with E-state index >= 15 is 0 Å². The molecule has 0 atom stereocenters. The number of nitrogens with zero attached hydrogens (tertiary/aromatic N) is 1. The first-order valence-electron chi connectivity index (χ1n) is 5.96. The second-order valence-electron chi connectivity index (χ2n) is 4.49. The first kappa shape index (κ1) is 11.9. The summed E-state index contributed by atoms with van der Waals surface area (Å²) in [6.45, 7) is 1.29. The van der Waals surface area contributed by atoms with Crippen molar-refractivity contribution in [3.05, 3.63) is 29.8 Å². The molecule has 1 saturated heterocycles. The van der Waals surface area contributed by atoms with Gasteiger partial charge in [-0.05, 0) is 24.5 Å². The van der Waals surface area contributed by atoms with E-state index in [1.165, 1.54) is 0 Å². The highest BCUT2D eigenvalue weighted by molar-refractivity contribution is 5.80. The zero-order valence-corrected chi connectivity index (χ0v) is 9.80. The van der Waals surface area contributed by atoms with Crippen LogP contribution in [0.15, 0.2) is 24.3 Å². The second kappa shape index (κ2) is 5.19. The first-order chi connectivity index (χ1) is 8.16. The third kappa shape index (κ3) is 2.97. The molecule has 3 N–H and O–H groups in total. The van der Waals surface area contributed by atoms with E-state index in [1.807, 2.05) is 24.3 Å². The average molecular weight is 234 g/mol. The number of nitrogen functional groups attached to an aromatic ring is 1. The predicted octanol–water partition coefficient (Wildman–Crippen LogP) is 0.795. The van der Waals surface area contributed by atoms with Gasteiger partial charge in [0.05, 0.1) is 12.5 Å². The Bertz CT molecular complexity index is 398. The molecule has 1 aliphatic heterocycles. The first-order valence-corrected chi connectivity index (χ1v) is 5.96. The highest BCUT2D eigenvalue weighted by Crippen LogP contribution is 2.15. The number of hydrogen-bond acceptors (Lipinski definition) is 3. The SMILES string of the molecule is Nc1ccccc1CC(=O)N1CCC(O)CC1. The van der Waals surface area contributed by atoms with Crippen LogP contribution in [-0.2, 0) is 11.2 Å². The van der Waals surface area contributed by atoms with Crippen LogP contribution < -0.4 is 5.73 Å². The van der Waals surface area contributed by atoms with Crippen molar-refractivity contribution in [3.8, 4) is 0 Å². The zero-order valence-electron chi connectivity index (χ0n) is 9.80. The van der Waals surface area contributed by atoms with Crippen molar-refractivity contribution in [2.24, 2.45) is 0 Å². The zero-order chi connectivity index (χ0) is 12.3. The summed E-state index contributed by atoms with van der Waals surface area (Å²) in [5.74, 6) is 0.0924. The summed E-state index contributed by atoms with van der Waals surface area (Å²) in [7, 11) is 0. The molecule has 2 rings (SSSR count). The summed E-state index contributed by atoms with van der Waals surface area (Å²) in [5.41, 5.74) is 7.35. The van der Waals surface area contributed by atoms with Gasteiger partial charge in [-0.2, -0.15) is 0 Å². The van der Waals surface area contributed by atoms with Gasteiger partial charge in [-0.1, -0.05) is 18.2 Å². The average Bonchev–Trinajstić information content (AvgIpc) is 2.33. The van der Waals surface area contributed by atoms with Crippen LogP contribution in [0, 0.1) is 0 Å². The standard InChI is InChI=1S/C13H18N2O2/c14-12-4-2-1-3-10(12)9-13(17)15-7-5-11(16)6-8-15/h1-4,11,16H,5-9,14H2. The fourth-order valence-corrected chi connectivity index (χ4v) is 2.09. The molecule has 92 valence electrons. The van der Waals surface area contributed by atoms with Crippen LogP contribution in [0.2, 0.25) is 0 Å². The van der Waals surface area contributed by atoms with Gasteiger partial charge in [-0.25, -0.2) is 0 Å². The molecular weight excluding hydrogens is 216 g/mol. The number of anilines is 1. The number of likely N-dealkylation sites (tertiary alicyclic amines) is 1. The van der Waals surface area contributed by atoms with E-state index < -0.39 is 0 Å². The van der Waals surface area contributed by atoms with Crippen LogP contribution in [0.3, 0.4) is 0 Å². The third-order valence-corrected chi connectivity index (χ3v) is 3.21. The van der Waals surface area contributed by atoms with Crippen molar-refractivity contribution in [1.29, 1.82) is 0 Å². The molecule has 0 radical (unpaired) electrons. The minimum atomic E-state index is -0.249. The van der Waals surface area contributed by atoms with Crippen molar-refractivity contribution in [2.75, 3.05) is 18.8 Å². The highest BCUT2D eigenvalue weighted by atomic mass is 16.3. The molecule has 0 aromatic heterocycles. The molecule has 1 aromatic rings. The third-order valence-electron chi connectivity index (χ3n) is 3.21. The maximum Gasteiger partial charge on any atom is 0.227 e. The van der Waals surface area contributed by atoms with Crippen molar-refractivity contribution < 1.29 is 9.90 Å². The maximum absolute atomic E-state index is 12.0. The summed E-state index contributed by atoms with van der Waals surface area (Å²) in [5, 5.41) is 9.38. The number of piperidine rings is 1. The number of nitrogens with two attached hydrogens (primary N) is 1. The number of rotatable bonds is 2. The van der Waals surface area contributed by atoms with Gasteiger partial charge in [0.2, 0.25) is 5.91 Å². The Balaban J connectivity index is 1.95. The van der Waals surface area contributed by atoms with Gasteiger partial charge in [0, 0.05) is 18.8 Å². The largest absolute Gasteiger partial charge is 0.398 e. The Morgan fingerprint density at radius 1 is 1.35 bits per heavy atom. The molecular formula is C13H18N2O2. The molecule has 17 heavy (non-hydrogen) atoms. The molecule has 1 amide bonds. The van der Waals surface area contributed by atoms with Crippen molar-refractivity contribution in [2.45, 2.75) is 25.4 Å². The van der Waals surface area contributed by atoms with Crippen molar-refractivity contribution >= 4 is 11.6 Å². The van der Waals surface area contributed by atoms with Gasteiger partial charge in [0.15, 0.2) is 0 Å². The summed E-state index contributed by atoms with van der Waals surface area (Å²) in [4.78, 5) is 13.8. The van der Waals surface area contributed by atoms with Crippen LogP contribution >= 0.6 is 0 Å². The van der Waals surface area contributed by atoms with E-state index in [4.69, 9.17) is 5.73 Å². The van der Waals surface area contributed by atoms with Gasteiger partial charge < -0.3 is 15.7 Å². The Morgan fingerprint density at radius 2 is 2.00 bits per heavy atom. The lowest BCUT2D eigenvalue weighted by Crippen LogP contribution is -2.40. The lowest BCUT2D eigenvalue weighted by molar-refractivity contribution is -0.132. The molecule has 1 aliphatic rings. The molecule has 0 saturated carbocycles. The summed E-state index contributed by atoms with van der Waals surface area (Å²) in [6.07, 6.45) is 1.45. The molecule has 0 unspecified atom stereocenters. The molecule has 0 aliphatic carbocycles. The molecule has 0 spiro atoms. The lowest BCUT2D eigenvalue weighted by Gasteiger charge is -2.29. The smallest absolute Gasteiger partial charge is 0.227 e. The van der Waals surface area contributed by atoms with E-state index in [2.05, 4.69) is 0 Å². The minimum absolute atomic E-state index is 0.0924. The van der Waals surface area contributed by atoms with Gasteiger partial charge in [0.1, 0.15) is 0 Å². The van der Waals surface area contributed by atoms with E-state index in [-0.39, 0.29) is 12.0 Å². The van der Waals surface area contributed by atoms with Crippen molar-refractivity contribution in [1.82, 2.24) is 4.90 Å². The Morgan fingerprint density at radius 3 is 2.65 bits per heavy atom. The molecule has 1 aromatic carbocycles. The maximum atomic E-state index is 12.0. The van der Waals surface area contributed by atoms with Crippen LogP contribution in [0.25, 0.3) is 0 Å². The summed E-state index contributed by atoms with van der Waals surface area (Å²) >= 11 is 0. The topological polar surface area (TPSA) is 66.6 Å². The normalized spacial score (nSPS) is 17.1. The number of carbonyl (C=O) groups is 1. The highest BCUT2D eigenvalue weighted by Gasteiger charge is 2.21. The van der Waals surface area contributed by atoms with E-state index in [1.54, 1.807) is 4.90 Å². The molecule has 0 bridgehead atoms. The number of aliphatic hydroxyl groups is 1. The predicted molar refractivity (Wildman–Crippen MR) is 66.4 cm³/mol.